The van der Waals surface area contributed by atoms with Crippen LogP contribution in [0.3, 0.4) is 0 Å². The predicted octanol–water partition coefficient (Wildman–Crippen LogP) is 4.03. The molecule has 5 rings (SSSR count). The number of aromatic nitrogens is 2. The van der Waals surface area contributed by atoms with Crippen LogP contribution in [-0.2, 0) is 4.79 Å². The highest BCUT2D eigenvalue weighted by Gasteiger charge is 2.31. The third-order valence-corrected chi connectivity index (χ3v) is 5.87. The highest BCUT2D eigenvalue weighted by molar-refractivity contribution is 6.06. The normalized spacial score (nSPS) is 13.1. The maximum absolute atomic E-state index is 13.2. The molecular formula is C27H21N5O3. The largest absolute Gasteiger partial charge is 0.486 e. The van der Waals surface area contributed by atoms with Crippen molar-refractivity contribution in [2.24, 2.45) is 0 Å². The number of ether oxygens (including phenoxy) is 1. The molecule has 2 amide bonds. The smallest absolute Gasteiger partial charge is 0.260 e. The van der Waals surface area contributed by atoms with Crippen molar-refractivity contribution in [2.45, 2.75) is 13.0 Å². The van der Waals surface area contributed by atoms with Crippen LogP contribution in [-0.4, -0.2) is 45.9 Å². The molecule has 0 saturated carbocycles. The summed E-state index contributed by atoms with van der Waals surface area (Å²) in [4.78, 5) is 35.1. The average molecular weight is 463 g/mol. The van der Waals surface area contributed by atoms with Gasteiger partial charge in [0.05, 0.1) is 30.3 Å². The highest BCUT2D eigenvalue weighted by atomic mass is 16.5. The molecule has 1 saturated heterocycles. The lowest BCUT2D eigenvalue weighted by Crippen LogP contribution is -2.55. The van der Waals surface area contributed by atoms with Gasteiger partial charge in [0.2, 0.25) is 5.91 Å². The zero-order valence-corrected chi connectivity index (χ0v) is 18.9. The van der Waals surface area contributed by atoms with Crippen LogP contribution in [0.1, 0.15) is 22.8 Å². The quantitative estimate of drug-likeness (QED) is 0.479. The van der Waals surface area contributed by atoms with E-state index < -0.39 is 0 Å². The molecular weight excluding hydrogens is 442 g/mol. The zero-order chi connectivity index (χ0) is 24.4. The van der Waals surface area contributed by atoms with Crippen LogP contribution in [0.2, 0.25) is 0 Å². The molecule has 0 unspecified atom stereocenters. The van der Waals surface area contributed by atoms with Gasteiger partial charge < -0.3 is 15.0 Å². The van der Waals surface area contributed by atoms with E-state index in [9.17, 15) is 9.59 Å². The predicted molar refractivity (Wildman–Crippen MR) is 131 cm³/mol. The van der Waals surface area contributed by atoms with Gasteiger partial charge in [-0.2, -0.15) is 5.26 Å². The number of anilines is 1. The SMILES string of the molecule is CC(=O)N1CC(Oc2cc(-c3ccc(C#N)cc3)ccc2C(=O)Nc2ccc3cccnc3n2)C1. The van der Waals surface area contributed by atoms with Gasteiger partial charge in [-0.05, 0) is 59.7 Å². The molecule has 172 valence electrons. The van der Waals surface area contributed by atoms with E-state index in [0.29, 0.717) is 41.4 Å². The minimum absolute atomic E-state index is 0.00913. The van der Waals surface area contributed by atoms with E-state index >= 15 is 0 Å². The lowest BCUT2D eigenvalue weighted by atomic mass is 10.0. The molecule has 8 nitrogen and oxygen atoms in total. The Hall–Kier alpha value is -4.77. The van der Waals surface area contributed by atoms with E-state index in [0.717, 1.165) is 16.5 Å². The van der Waals surface area contributed by atoms with Crippen molar-refractivity contribution in [3.05, 3.63) is 84.1 Å². The van der Waals surface area contributed by atoms with Crippen molar-refractivity contribution in [1.82, 2.24) is 14.9 Å². The zero-order valence-electron chi connectivity index (χ0n) is 18.9. The monoisotopic (exact) mass is 463 g/mol. The number of nitrogens with zero attached hydrogens (tertiary/aromatic N) is 4. The Bertz CT molecular complexity index is 1470. The van der Waals surface area contributed by atoms with Crippen molar-refractivity contribution >= 4 is 28.7 Å². The lowest BCUT2D eigenvalue weighted by Gasteiger charge is -2.38. The first-order chi connectivity index (χ1) is 17.0. The molecule has 1 aliphatic heterocycles. The van der Waals surface area contributed by atoms with Crippen molar-refractivity contribution < 1.29 is 14.3 Å². The summed E-state index contributed by atoms with van der Waals surface area (Å²) in [5.74, 6) is 0.424. The van der Waals surface area contributed by atoms with Crippen LogP contribution in [0.25, 0.3) is 22.2 Å². The van der Waals surface area contributed by atoms with E-state index in [-0.39, 0.29) is 17.9 Å². The summed E-state index contributed by atoms with van der Waals surface area (Å²) in [6.45, 7) is 2.46. The molecule has 35 heavy (non-hydrogen) atoms. The van der Waals surface area contributed by atoms with Crippen LogP contribution in [0.5, 0.6) is 5.75 Å². The standard InChI is InChI=1S/C27H21N5O3/c1-17(33)32-15-22(16-32)35-24-13-21(19-6-4-18(14-28)5-7-19)8-10-23(24)27(34)31-25-11-9-20-3-2-12-29-26(20)30-25/h2-13,22H,15-16H2,1H3,(H,29,30,31,34). The number of hydrogen-bond donors (Lipinski definition) is 1. The molecule has 4 aromatic rings. The molecule has 8 heteroatoms. The summed E-state index contributed by atoms with van der Waals surface area (Å²) in [5.41, 5.74) is 3.19. The highest BCUT2D eigenvalue weighted by Crippen LogP contribution is 2.30. The molecule has 1 fully saturated rings. The Balaban J connectivity index is 1.43. The molecule has 0 spiro atoms. The summed E-state index contributed by atoms with van der Waals surface area (Å²) in [7, 11) is 0. The van der Waals surface area contributed by atoms with E-state index in [2.05, 4.69) is 21.4 Å². The summed E-state index contributed by atoms with van der Waals surface area (Å²) in [6.07, 6.45) is 1.45. The fourth-order valence-electron chi connectivity index (χ4n) is 3.88. The maximum Gasteiger partial charge on any atom is 0.260 e. The van der Waals surface area contributed by atoms with Crippen LogP contribution in [0.4, 0.5) is 5.82 Å². The van der Waals surface area contributed by atoms with E-state index in [4.69, 9.17) is 10.00 Å². The summed E-state index contributed by atoms with van der Waals surface area (Å²) < 4.78 is 6.16. The second kappa shape index (κ2) is 9.23. The Morgan fingerprint density at radius 1 is 1.06 bits per heavy atom. The summed E-state index contributed by atoms with van der Waals surface area (Å²) in [6, 6.07) is 22.0. The molecule has 3 heterocycles. The fourth-order valence-corrected chi connectivity index (χ4v) is 3.88. The Kier molecular flexibility index (Phi) is 5.81. The molecule has 1 aliphatic rings. The fraction of sp³-hybridized carbons (Fsp3) is 0.148. The van der Waals surface area contributed by atoms with Gasteiger partial charge in [0.25, 0.3) is 5.91 Å². The number of rotatable bonds is 5. The van der Waals surface area contributed by atoms with Gasteiger partial charge in [0.15, 0.2) is 5.65 Å². The number of amides is 2. The van der Waals surface area contributed by atoms with Crippen molar-refractivity contribution in [3.8, 4) is 22.9 Å². The van der Waals surface area contributed by atoms with Gasteiger partial charge in [-0.25, -0.2) is 9.97 Å². The van der Waals surface area contributed by atoms with Crippen LogP contribution < -0.4 is 10.1 Å². The second-order valence-corrected chi connectivity index (χ2v) is 8.26. The lowest BCUT2D eigenvalue weighted by molar-refractivity contribution is -0.137. The van der Waals surface area contributed by atoms with Crippen LogP contribution in [0, 0.1) is 11.3 Å². The van der Waals surface area contributed by atoms with Crippen LogP contribution >= 0.6 is 0 Å². The number of nitrogens with one attached hydrogen (secondary N) is 1. The van der Waals surface area contributed by atoms with Gasteiger partial charge in [-0.15, -0.1) is 0 Å². The minimum atomic E-state index is -0.364. The Labute approximate surface area is 201 Å². The van der Waals surface area contributed by atoms with Crippen LogP contribution in [0.15, 0.2) is 72.9 Å². The van der Waals surface area contributed by atoms with Crippen molar-refractivity contribution in [1.29, 1.82) is 5.26 Å². The first-order valence-electron chi connectivity index (χ1n) is 11.1. The number of nitriles is 1. The molecule has 2 aromatic carbocycles. The summed E-state index contributed by atoms with van der Waals surface area (Å²) in [5, 5.41) is 12.8. The third kappa shape index (κ3) is 4.66. The van der Waals surface area contributed by atoms with Crippen molar-refractivity contribution in [3.63, 3.8) is 0 Å². The number of fused-ring (bicyclic) bond motifs is 1. The summed E-state index contributed by atoms with van der Waals surface area (Å²) >= 11 is 0. The second-order valence-electron chi connectivity index (χ2n) is 8.26. The van der Waals surface area contributed by atoms with E-state index in [1.165, 1.54) is 6.92 Å². The number of likely N-dealkylation sites (tertiary alicyclic amines) is 1. The van der Waals surface area contributed by atoms with Gasteiger partial charge in [-0.3, -0.25) is 9.59 Å². The Morgan fingerprint density at radius 2 is 1.83 bits per heavy atom. The molecule has 0 radical (unpaired) electrons. The topological polar surface area (TPSA) is 108 Å². The van der Waals surface area contributed by atoms with Gasteiger partial charge >= 0.3 is 0 Å². The number of pyridine rings is 2. The number of carbonyl (C=O) groups is 2. The minimum Gasteiger partial charge on any atom is -0.486 e. The third-order valence-electron chi connectivity index (χ3n) is 5.87. The molecule has 0 aliphatic carbocycles. The Morgan fingerprint density at radius 3 is 2.57 bits per heavy atom. The molecule has 1 N–H and O–H groups in total. The average Bonchev–Trinajstić information content (AvgIpc) is 2.85. The maximum atomic E-state index is 13.2. The van der Waals surface area contributed by atoms with E-state index in [1.54, 1.807) is 35.4 Å². The van der Waals surface area contributed by atoms with Gasteiger partial charge in [0.1, 0.15) is 17.7 Å². The first kappa shape index (κ1) is 22.0. The molecule has 2 aromatic heterocycles. The van der Waals surface area contributed by atoms with Crippen molar-refractivity contribution in [2.75, 3.05) is 18.4 Å². The first-order valence-corrected chi connectivity index (χ1v) is 11.1. The molecule has 0 atom stereocenters. The van der Waals surface area contributed by atoms with Gasteiger partial charge in [0, 0.05) is 18.5 Å². The van der Waals surface area contributed by atoms with Gasteiger partial charge in [-0.1, -0.05) is 18.2 Å². The van der Waals surface area contributed by atoms with E-state index in [1.807, 2.05) is 42.5 Å². The molecule has 0 bridgehead atoms. The number of carbonyl (C=O) groups excluding carboxylic acids is 2. The number of benzene rings is 2. The number of hydrogen-bond acceptors (Lipinski definition) is 6.